The lowest BCUT2D eigenvalue weighted by Crippen LogP contribution is -2.46. The number of pyridine rings is 1. The third-order valence-corrected chi connectivity index (χ3v) is 14.1. The van der Waals surface area contributed by atoms with Crippen LogP contribution in [-0.4, -0.2) is 70.9 Å². The second kappa shape index (κ2) is 16.6. The number of phenols is 1. The van der Waals surface area contributed by atoms with Crippen molar-refractivity contribution in [3.63, 3.8) is 0 Å². The predicted molar refractivity (Wildman–Crippen MR) is 208 cm³/mol. The molecule has 0 radical (unpaired) electrons. The minimum atomic E-state index is -2.40. The summed E-state index contributed by atoms with van der Waals surface area (Å²) in [6.07, 6.45) is 1.03. The number of carboxylic acids is 1. The molecule has 3 aromatic carbocycles. The van der Waals surface area contributed by atoms with E-state index < -0.39 is 37.7 Å². The largest absolute Gasteiger partial charge is 0.506 e. The maximum atomic E-state index is 13.7. The fraction of sp³-hybridized carbons (Fsp3) is 0.439. The lowest BCUT2D eigenvalue weighted by Gasteiger charge is -2.41. The summed E-state index contributed by atoms with van der Waals surface area (Å²) < 4.78 is 18.8. The summed E-state index contributed by atoms with van der Waals surface area (Å²) in [6, 6.07) is 21.0. The highest BCUT2D eigenvalue weighted by atomic mass is 28.4. The summed E-state index contributed by atoms with van der Waals surface area (Å²) in [4.78, 5) is 42.4. The van der Waals surface area contributed by atoms with Gasteiger partial charge in [0.15, 0.2) is 8.32 Å². The van der Waals surface area contributed by atoms with Gasteiger partial charge < -0.3 is 39.1 Å². The lowest BCUT2D eigenvalue weighted by atomic mass is 9.86. The van der Waals surface area contributed by atoms with Crippen LogP contribution in [-0.2, 0) is 19.6 Å². The Bertz CT molecular complexity index is 1910. The van der Waals surface area contributed by atoms with E-state index in [2.05, 4.69) is 38.8 Å². The summed E-state index contributed by atoms with van der Waals surface area (Å²) in [6.45, 7) is 17.2. The van der Waals surface area contributed by atoms with E-state index in [4.69, 9.17) is 13.9 Å². The van der Waals surface area contributed by atoms with Crippen LogP contribution in [0.25, 0.3) is 10.9 Å². The molecule has 4 aromatic rings. The molecule has 4 rings (SSSR count). The second-order valence-electron chi connectivity index (χ2n) is 15.9. The third-order valence-electron chi connectivity index (χ3n) is 9.65. The van der Waals surface area contributed by atoms with Crippen molar-refractivity contribution >= 4 is 31.3 Å². The summed E-state index contributed by atoms with van der Waals surface area (Å²) in [5, 5.41) is 32.1. The molecule has 4 N–H and O–H groups in total. The number of H-pyrrole nitrogens is 1. The van der Waals surface area contributed by atoms with Gasteiger partial charge in [0.05, 0.1) is 24.8 Å². The molecule has 1 heterocycles. The number of carbonyl (C=O) groups is 2. The molecule has 1 aromatic heterocycles. The number of aromatic amines is 1. The maximum Gasteiger partial charge on any atom is 0.410 e. The van der Waals surface area contributed by atoms with Crippen molar-refractivity contribution in [2.24, 2.45) is 0 Å². The lowest BCUT2D eigenvalue weighted by molar-refractivity contribution is -0.155. The molecule has 286 valence electrons. The molecule has 11 nitrogen and oxygen atoms in total. The normalized spacial score (nSPS) is 14.0. The van der Waals surface area contributed by atoms with Crippen molar-refractivity contribution in [2.45, 2.75) is 96.2 Å². The van der Waals surface area contributed by atoms with Gasteiger partial charge in [-0.3, -0.25) is 4.79 Å². The molecular formula is C41H54N2O9Si. The van der Waals surface area contributed by atoms with Crippen LogP contribution in [0, 0.1) is 0 Å². The van der Waals surface area contributed by atoms with E-state index >= 15 is 0 Å². The second-order valence-corrected chi connectivity index (χ2v) is 20.6. The Labute approximate surface area is 312 Å². The first kappa shape index (κ1) is 41.1. The smallest absolute Gasteiger partial charge is 0.410 e. The van der Waals surface area contributed by atoms with Gasteiger partial charge in [-0.15, -0.1) is 0 Å². The van der Waals surface area contributed by atoms with E-state index in [1.54, 1.807) is 71.6 Å². The van der Waals surface area contributed by atoms with E-state index in [0.717, 1.165) is 12.0 Å². The van der Waals surface area contributed by atoms with Gasteiger partial charge in [0, 0.05) is 18.0 Å². The molecule has 0 aliphatic heterocycles. The molecule has 53 heavy (non-hydrogen) atoms. The van der Waals surface area contributed by atoms with Crippen LogP contribution in [0.4, 0.5) is 4.79 Å². The molecule has 0 saturated carbocycles. The van der Waals surface area contributed by atoms with Crippen LogP contribution < -0.4 is 10.3 Å². The Hall–Kier alpha value is -4.65. The Morgan fingerprint density at radius 3 is 2.09 bits per heavy atom. The summed E-state index contributed by atoms with van der Waals surface area (Å²) >= 11 is 0. The Morgan fingerprint density at radius 1 is 0.849 bits per heavy atom. The number of hydrogen-bond acceptors (Lipinski definition) is 8. The van der Waals surface area contributed by atoms with Gasteiger partial charge in [-0.25, -0.2) is 9.59 Å². The van der Waals surface area contributed by atoms with E-state index in [1.165, 1.54) is 12.1 Å². The van der Waals surface area contributed by atoms with Gasteiger partial charge in [-0.05, 0) is 99.1 Å². The van der Waals surface area contributed by atoms with Gasteiger partial charge in [-0.1, -0.05) is 69.3 Å². The SMILES string of the molecule is CC(C)(C)OC(=O)N(CCCCCOc1ccc(C(O)(C(=O)O)c2ccccc2)cc1)CC(O[Si](C)(C)C(C)(C)C)c1ccc(O)c2[nH]c(=O)ccc12. The zero-order valence-electron chi connectivity index (χ0n) is 32.1. The fourth-order valence-electron chi connectivity index (χ4n) is 5.71. The highest BCUT2D eigenvalue weighted by Gasteiger charge is 2.41. The van der Waals surface area contributed by atoms with Gasteiger partial charge in [0.1, 0.15) is 17.1 Å². The molecule has 0 aliphatic carbocycles. The first-order chi connectivity index (χ1) is 24.7. The van der Waals surface area contributed by atoms with Gasteiger partial charge in [0.2, 0.25) is 11.2 Å². The van der Waals surface area contributed by atoms with Crippen molar-refractivity contribution in [1.29, 1.82) is 0 Å². The number of carbonyl (C=O) groups excluding carboxylic acids is 1. The number of nitrogens with one attached hydrogen (secondary N) is 1. The first-order valence-electron chi connectivity index (χ1n) is 18.0. The number of nitrogens with zero attached hydrogens (tertiary/aromatic N) is 1. The van der Waals surface area contributed by atoms with Crippen LogP contribution in [0.1, 0.15) is 83.6 Å². The number of aromatic nitrogens is 1. The predicted octanol–water partition coefficient (Wildman–Crippen LogP) is 8.10. The number of aliphatic hydroxyl groups is 1. The van der Waals surface area contributed by atoms with Gasteiger partial charge in [-0.2, -0.15) is 0 Å². The number of aromatic hydroxyl groups is 1. The maximum absolute atomic E-state index is 13.7. The first-order valence-corrected chi connectivity index (χ1v) is 20.9. The van der Waals surface area contributed by atoms with Crippen LogP contribution >= 0.6 is 0 Å². The zero-order chi connectivity index (χ0) is 39.2. The number of unbranched alkanes of at least 4 members (excludes halogenated alkanes) is 2. The van der Waals surface area contributed by atoms with Crippen LogP contribution in [0.2, 0.25) is 18.1 Å². The van der Waals surface area contributed by atoms with E-state index in [9.17, 15) is 29.7 Å². The number of ether oxygens (including phenoxy) is 2. The van der Waals surface area contributed by atoms with E-state index in [1.807, 2.05) is 20.8 Å². The number of fused-ring (bicyclic) bond motifs is 1. The quantitative estimate of drug-likeness (QED) is 0.0697. The number of rotatable bonds is 15. The van der Waals surface area contributed by atoms with Gasteiger partial charge in [0.25, 0.3) is 0 Å². The number of phenolic OH excluding ortho intramolecular Hbond substituents is 1. The molecular weight excluding hydrogens is 693 g/mol. The third kappa shape index (κ3) is 10.3. The molecule has 2 unspecified atom stereocenters. The molecule has 0 bridgehead atoms. The van der Waals surface area contributed by atoms with E-state index in [0.29, 0.717) is 42.6 Å². The highest BCUT2D eigenvalue weighted by molar-refractivity contribution is 6.74. The van der Waals surface area contributed by atoms with Gasteiger partial charge >= 0.3 is 12.1 Å². The van der Waals surface area contributed by atoms with Crippen LogP contribution in [0.15, 0.2) is 83.7 Å². The standard InChI is InChI=1S/C41H54N2O9Si/c1-39(2,3)51-38(48)43(27-34(52-53(7,8)40(4,5)6)31-21-23-33(44)36-32(31)22-24-35(45)42-36)25-13-10-14-26-50-30-19-17-29(18-20-30)41(49,37(46)47)28-15-11-9-12-16-28/h9,11-12,15-24,34,44,49H,10,13-14,25-27H2,1-8H3,(H,42,45)(H,46,47). The summed E-state index contributed by atoms with van der Waals surface area (Å²) in [5.74, 6) is -0.884. The number of carboxylic acid groups (broad SMARTS) is 1. The summed E-state index contributed by atoms with van der Waals surface area (Å²) in [5.41, 5.74) is -1.72. The highest BCUT2D eigenvalue weighted by Crippen LogP contribution is 2.42. The van der Waals surface area contributed by atoms with Crippen LogP contribution in [0.5, 0.6) is 11.5 Å². The Balaban J connectivity index is 1.47. The topological polar surface area (TPSA) is 159 Å². The molecule has 0 saturated heterocycles. The van der Waals surface area contributed by atoms with Crippen molar-refractivity contribution in [3.05, 3.63) is 106 Å². The number of aliphatic carboxylic acids is 1. The summed E-state index contributed by atoms with van der Waals surface area (Å²) in [7, 11) is -2.40. The minimum Gasteiger partial charge on any atom is -0.506 e. The molecule has 0 aliphatic rings. The van der Waals surface area contributed by atoms with Crippen molar-refractivity contribution in [3.8, 4) is 11.5 Å². The molecule has 0 fully saturated rings. The molecule has 1 amide bonds. The number of amides is 1. The molecule has 2 atom stereocenters. The van der Waals surface area contributed by atoms with Crippen LogP contribution in [0.3, 0.4) is 0 Å². The molecule has 12 heteroatoms. The van der Waals surface area contributed by atoms with E-state index in [-0.39, 0.29) is 34.0 Å². The molecule has 0 spiro atoms. The van der Waals surface area contributed by atoms with Crippen molar-refractivity contribution < 1.29 is 38.8 Å². The number of hydrogen-bond donors (Lipinski definition) is 4. The average molecular weight is 747 g/mol. The number of benzene rings is 3. The monoisotopic (exact) mass is 746 g/mol. The minimum absolute atomic E-state index is 0.0522. The van der Waals surface area contributed by atoms with Crippen molar-refractivity contribution in [1.82, 2.24) is 9.88 Å². The Morgan fingerprint density at radius 2 is 1.49 bits per heavy atom. The average Bonchev–Trinajstić information content (AvgIpc) is 3.08. The zero-order valence-corrected chi connectivity index (χ0v) is 33.1. The van der Waals surface area contributed by atoms with Crippen molar-refractivity contribution in [2.75, 3.05) is 19.7 Å². The Kier molecular flexibility index (Phi) is 12.9. The fourth-order valence-corrected chi connectivity index (χ4v) is 6.98.